The molecule has 17 heavy (non-hydrogen) atoms. The number of carbonyl (C=O) groups is 1. The summed E-state index contributed by atoms with van der Waals surface area (Å²) in [5.74, 6) is 0.357. The largest absolute Gasteiger partial charge is 0.497 e. The third-order valence-electron chi connectivity index (χ3n) is 1.96. The summed E-state index contributed by atoms with van der Waals surface area (Å²) >= 11 is 4.91. The van der Waals surface area contributed by atoms with E-state index in [9.17, 15) is 4.79 Å². The standard InChI is InChI=1S/C11H15N3O2S/c1-3-12-11(17)14-13-10(15)8-5-4-6-9(7-8)16-2/h4-7H,3H2,1-2H3,(H,13,15)(H2,12,14,17). The van der Waals surface area contributed by atoms with Gasteiger partial charge in [0, 0.05) is 12.1 Å². The van der Waals surface area contributed by atoms with Crippen LogP contribution in [0.5, 0.6) is 5.75 Å². The number of hydrogen-bond donors (Lipinski definition) is 3. The number of carbonyl (C=O) groups excluding carboxylic acids is 1. The van der Waals surface area contributed by atoms with Crippen LogP contribution < -0.4 is 20.9 Å². The van der Waals surface area contributed by atoms with Crippen molar-refractivity contribution in [2.24, 2.45) is 0 Å². The smallest absolute Gasteiger partial charge is 0.269 e. The van der Waals surface area contributed by atoms with Gasteiger partial charge in [0.25, 0.3) is 5.91 Å². The van der Waals surface area contributed by atoms with Gasteiger partial charge in [-0.15, -0.1) is 0 Å². The molecule has 0 bridgehead atoms. The normalized spacial score (nSPS) is 9.29. The minimum Gasteiger partial charge on any atom is -0.497 e. The van der Waals surface area contributed by atoms with Gasteiger partial charge in [-0.25, -0.2) is 0 Å². The van der Waals surface area contributed by atoms with E-state index in [4.69, 9.17) is 17.0 Å². The molecule has 0 unspecified atom stereocenters. The lowest BCUT2D eigenvalue weighted by Crippen LogP contribution is -2.46. The summed E-state index contributed by atoms with van der Waals surface area (Å²) in [5, 5.41) is 3.23. The van der Waals surface area contributed by atoms with Crippen LogP contribution in [0.1, 0.15) is 17.3 Å². The zero-order valence-electron chi connectivity index (χ0n) is 9.74. The van der Waals surface area contributed by atoms with Crippen molar-refractivity contribution in [1.82, 2.24) is 16.2 Å². The Balaban J connectivity index is 2.54. The Kier molecular flexibility index (Phi) is 5.22. The average molecular weight is 253 g/mol. The fourth-order valence-corrected chi connectivity index (χ4v) is 1.35. The molecule has 0 aliphatic rings. The molecular formula is C11H15N3O2S. The maximum absolute atomic E-state index is 11.7. The number of rotatable bonds is 3. The van der Waals surface area contributed by atoms with Crippen LogP contribution in [-0.2, 0) is 0 Å². The molecule has 0 saturated heterocycles. The SMILES string of the molecule is CCNC(=S)NNC(=O)c1cccc(OC)c1. The lowest BCUT2D eigenvalue weighted by Gasteiger charge is -2.10. The first-order chi connectivity index (χ1) is 8.17. The molecule has 5 nitrogen and oxygen atoms in total. The van der Waals surface area contributed by atoms with Crippen molar-refractivity contribution in [3.63, 3.8) is 0 Å². The average Bonchev–Trinajstić information content (AvgIpc) is 2.36. The fraction of sp³-hybridized carbons (Fsp3) is 0.273. The van der Waals surface area contributed by atoms with Gasteiger partial charge < -0.3 is 10.1 Å². The third-order valence-corrected chi connectivity index (χ3v) is 2.21. The van der Waals surface area contributed by atoms with Crippen LogP contribution in [0, 0.1) is 0 Å². The van der Waals surface area contributed by atoms with Gasteiger partial charge in [-0.05, 0) is 37.3 Å². The first-order valence-corrected chi connectivity index (χ1v) is 5.56. The minimum atomic E-state index is -0.274. The molecule has 0 aliphatic heterocycles. The molecular weight excluding hydrogens is 238 g/mol. The van der Waals surface area contributed by atoms with E-state index in [2.05, 4.69) is 16.2 Å². The van der Waals surface area contributed by atoms with Crippen molar-refractivity contribution in [3.05, 3.63) is 29.8 Å². The highest BCUT2D eigenvalue weighted by Gasteiger charge is 2.06. The maximum atomic E-state index is 11.7. The van der Waals surface area contributed by atoms with Crippen LogP contribution in [0.4, 0.5) is 0 Å². The van der Waals surface area contributed by atoms with Crippen LogP contribution in [0.2, 0.25) is 0 Å². The summed E-state index contributed by atoms with van der Waals surface area (Å²) in [7, 11) is 1.55. The second-order valence-corrected chi connectivity index (χ2v) is 3.58. The summed E-state index contributed by atoms with van der Waals surface area (Å²) in [6.07, 6.45) is 0. The Morgan fingerprint density at radius 3 is 2.82 bits per heavy atom. The third kappa shape index (κ3) is 4.28. The highest BCUT2D eigenvalue weighted by molar-refractivity contribution is 7.80. The topological polar surface area (TPSA) is 62.4 Å². The molecule has 1 aromatic carbocycles. The van der Waals surface area contributed by atoms with Crippen molar-refractivity contribution in [1.29, 1.82) is 0 Å². The number of ether oxygens (including phenoxy) is 1. The highest BCUT2D eigenvalue weighted by Crippen LogP contribution is 2.11. The predicted molar refractivity (Wildman–Crippen MR) is 69.9 cm³/mol. The van der Waals surface area contributed by atoms with Gasteiger partial charge in [-0.1, -0.05) is 6.07 Å². The van der Waals surface area contributed by atoms with Crippen molar-refractivity contribution in [3.8, 4) is 5.75 Å². The number of hydrogen-bond acceptors (Lipinski definition) is 3. The molecule has 0 radical (unpaired) electrons. The van der Waals surface area contributed by atoms with E-state index >= 15 is 0 Å². The summed E-state index contributed by atoms with van der Waals surface area (Å²) < 4.78 is 5.03. The van der Waals surface area contributed by atoms with Crippen molar-refractivity contribution in [2.45, 2.75) is 6.92 Å². The molecule has 0 atom stereocenters. The molecule has 3 N–H and O–H groups in total. The molecule has 0 aromatic heterocycles. The molecule has 0 fully saturated rings. The van der Waals surface area contributed by atoms with Gasteiger partial charge in [0.15, 0.2) is 5.11 Å². The van der Waals surface area contributed by atoms with Gasteiger partial charge in [0.1, 0.15) is 5.75 Å². The molecule has 1 aromatic rings. The summed E-state index contributed by atoms with van der Waals surface area (Å²) in [6.45, 7) is 2.61. The minimum absolute atomic E-state index is 0.274. The van der Waals surface area contributed by atoms with Gasteiger partial charge in [0.05, 0.1) is 7.11 Å². The molecule has 0 aliphatic carbocycles. The Morgan fingerprint density at radius 2 is 2.18 bits per heavy atom. The first-order valence-electron chi connectivity index (χ1n) is 5.15. The molecule has 92 valence electrons. The van der Waals surface area contributed by atoms with Crippen LogP contribution in [0.15, 0.2) is 24.3 Å². The Morgan fingerprint density at radius 1 is 1.41 bits per heavy atom. The number of nitrogens with one attached hydrogen (secondary N) is 3. The van der Waals surface area contributed by atoms with Gasteiger partial charge in [-0.3, -0.25) is 15.6 Å². The van der Waals surface area contributed by atoms with Crippen LogP contribution >= 0.6 is 12.2 Å². The Hall–Kier alpha value is -1.82. The summed E-state index contributed by atoms with van der Waals surface area (Å²) in [5.41, 5.74) is 5.58. The molecule has 6 heteroatoms. The van der Waals surface area contributed by atoms with Gasteiger partial charge in [-0.2, -0.15) is 0 Å². The molecule has 0 heterocycles. The van der Waals surface area contributed by atoms with E-state index in [1.54, 1.807) is 31.4 Å². The summed E-state index contributed by atoms with van der Waals surface area (Å²) in [4.78, 5) is 11.7. The molecule has 1 rings (SSSR count). The van der Waals surface area contributed by atoms with E-state index in [0.717, 1.165) is 0 Å². The number of amides is 1. The van der Waals surface area contributed by atoms with Crippen molar-refractivity contribution >= 4 is 23.2 Å². The molecule has 0 saturated carbocycles. The number of hydrazine groups is 1. The first kappa shape index (κ1) is 13.2. The highest BCUT2D eigenvalue weighted by atomic mass is 32.1. The van der Waals surface area contributed by atoms with E-state index in [-0.39, 0.29) is 5.91 Å². The van der Waals surface area contributed by atoms with E-state index < -0.39 is 0 Å². The van der Waals surface area contributed by atoms with Gasteiger partial charge >= 0.3 is 0 Å². The van der Waals surface area contributed by atoms with E-state index in [1.807, 2.05) is 6.92 Å². The zero-order valence-corrected chi connectivity index (χ0v) is 10.6. The Labute approximate surface area is 106 Å². The second kappa shape index (κ2) is 6.70. The number of methoxy groups -OCH3 is 1. The Bertz CT molecular complexity index is 409. The van der Waals surface area contributed by atoms with E-state index in [0.29, 0.717) is 23.0 Å². The molecule has 1 amide bonds. The zero-order chi connectivity index (χ0) is 12.7. The van der Waals surface area contributed by atoms with Gasteiger partial charge in [0.2, 0.25) is 0 Å². The van der Waals surface area contributed by atoms with Crippen LogP contribution in [0.25, 0.3) is 0 Å². The quantitative estimate of drug-likeness (QED) is 0.550. The monoisotopic (exact) mass is 253 g/mol. The molecule has 0 spiro atoms. The second-order valence-electron chi connectivity index (χ2n) is 3.17. The maximum Gasteiger partial charge on any atom is 0.269 e. The fourth-order valence-electron chi connectivity index (χ4n) is 1.15. The van der Waals surface area contributed by atoms with Crippen LogP contribution in [-0.4, -0.2) is 24.7 Å². The van der Waals surface area contributed by atoms with Crippen molar-refractivity contribution < 1.29 is 9.53 Å². The number of thiocarbonyl (C=S) groups is 1. The number of benzene rings is 1. The predicted octanol–water partition coefficient (Wildman–Crippen LogP) is 0.824. The van der Waals surface area contributed by atoms with Crippen LogP contribution in [0.3, 0.4) is 0 Å². The van der Waals surface area contributed by atoms with E-state index in [1.165, 1.54) is 0 Å². The van der Waals surface area contributed by atoms with Crippen molar-refractivity contribution in [2.75, 3.05) is 13.7 Å². The lowest BCUT2D eigenvalue weighted by atomic mass is 10.2. The lowest BCUT2D eigenvalue weighted by molar-refractivity contribution is 0.0943. The summed E-state index contributed by atoms with van der Waals surface area (Å²) in [6, 6.07) is 6.85.